The molecule has 3 aromatic heterocycles. The Labute approximate surface area is 193 Å². The van der Waals surface area contributed by atoms with Crippen LogP contribution in [0.4, 0.5) is 14.6 Å². The predicted molar refractivity (Wildman–Crippen MR) is 121 cm³/mol. The largest absolute Gasteiger partial charge is 0.598 e. The molecule has 2 unspecified atom stereocenters. The average molecular weight is 478 g/mol. The molecule has 2 saturated heterocycles. The first-order valence-corrected chi connectivity index (χ1v) is 12.3. The molecule has 0 amide bonds. The van der Waals surface area contributed by atoms with Crippen LogP contribution in [0.3, 0.4) is 0 Å². The van der Waals surface area contributed by atoms with E-state index in [2.05, 4.69) is 29.6 Å². The number of alkyl halides is 2. The van der Waals surface area contributed by atoms with E-state index in [0.717, 1.165) is 44.2 Å². The van der Waals surface area contributed by atoms with Gasteiger partial charge in [0.05, 0.1) is 37.7 Å². The number of aromatic nitrogens is 4. The van der Waals surface area contributed by atoms with E-state index in [1.807, 2.05) is 12.1 Å². The van der Waals surface area contributed by atoms with Crippen molar-refractivity contribution in [3.8, 4) is 11.3 Å². The summed E-state index contributed by atoms with van der Waals surface area (Å²) in [5.74, 6) is 0.791. The van der Waals surface area contributed by atoms with Crippen LogP contribution in [0, 0.1) is 0 Å². The van der Waals surface area contributed by atoms with E-state index in [4.69, 9.17) is 4.74 Å². The molecular weight excluding hydrogens is 452 g/mol. The fraction of sp³-hybridized carbons (Fsp3) is 0.476. The molecule has 3 aromatic rings. The van der Waals surface area contributed by atoms with Crippen molar-refractivity contribution in [3.05, 3.63) is 42.4 Å². The summed E-state index contributed by atoms with van der Waals surface area (Å²) in [5.41, 5.74) is 1.63. The Balaban J connectivity index is 1.40. The fourth-order valence-electron chi connectivity index (χ4n) is 4.32. The minimum absolute atomic E-state index is 0.160. The van der Waals surface area contributed by atoms with Gasteiger partial charge in [-0.15, -0.1) is 4.72 Å². The molecule has 5 heterocycles. The summed E-state index contributed by atoms with van der Waals surface area (Å²) in [4.78, 5) is 13.5. The first-order valence-electron chi connectivity index (χ1n) is 10.7. The van der Waals surface area contributed by atoms with E-state index in [9.17, 15) is 13.3 Å². The summed E-state index contributed by atoms with van der Waals surface area (Å²) < 4.78 is 47.8. The second kappa shape index (κ2) is 9.47. The van der Waals surface area contributed by atoms with Crippen LogP contribution < -0.4 is 9.62 Å². The maximum Gasteiger partial charge on any atom is 0.282 e. The van der Waals surface area contributed by atoms with E-state index in [-0.39, 0.29) is 11.7 Å². The smallest absolute Gasteiger partial charge is 0.282 e. The van der Waals surface area contributed by atoms with Gasteiger partial charge in [-0.2, -0.15) is 5.10 Å². The monoisotopic (exact) mass is 477 g/mol. The predicted octanol–water partition coefficient (Wildman–Crippen LogP) is 1.50. The number of halogens is 2. The molecule has 2 atom stereocenters. The molecule has 0 saturated carbocycles. The summed E-state index contributed by atoms with van der Waals surface area (Å²) in [6.07, 6.45) is 2.32. The lowest BCUT2D eigenvalue weighted by molar-refractivity contribution is -0.0808. The molecule has 2 fully saturated rings. The average Bonchev–Trinajstić information content (AvgIpc) is 3.20. The van der Waals surface area contributed by atoms with Crippen LogP contribution in [0.2, 0.25) is 0 Å². The molecular formula is C21H25F2N7O2S. The molecule has 176 valence electrons. The van der Waals surface area contributed by atoms with Crippen LogP contribution in [0.5, 0.6) is 0 Å². The lowest BCUT2D eigenvalue weighted by atomic mass is 10.1. The summed E-state index contributed by atoms with van der Waals surface area (Å²) in [6.45, 7) is 4.40. The van der Waals surface area contributed by atoms with Gasteiger partial charge in [-0.1, -0.05) is 0 Å². The molecule has 9 nitrogen and oxygen atoms in total. The van der Waals surface area contributed by atoms with Gasteiger partial charge >= 0.3 is 0 Å². The summed E-state index contributed by atoms with van der Waals surface area (Å²) in [5, 5.41) is 4.07. The second-order valence-corrected chi connectivity index (χ2v) is 9.40. The van der Waals surface area contributed by atoms with Crippen molar-refractivity contribution in [1.29, 1.82) is 0 Å². The number of hydrogen-bond donors (Lipinski definition) is 1. The third kappa shape index (κ3) is 4.66. The number of imidazole rings is 1. The molecule has 2 aliphatic heterocycles. The van der Waals surface area contributed by atoms with Gasteiger partial charge in [-0.05, 0) is 24.3 Å². The lowest BCUT2D eigenvalue weighted by Gasteiger charge is -2.47. The standard InChI is InChI=1S/C21H25F2N7O2S/c1-33(31)26-9-15-11-28(6-7-29(15)16-12-32-13-16)20-8-14(4-5-24-20)18-10-25-19-3-2-17(21(22)23)27-30(18)19/h2-5,8,10,15-16,21,26H,6-7,9,11-13H2,1H3. The van der Waals surface area contributed by atoms with Crippen LogP contribution in [-0.4, -0.2) is 86.8 Å². The Kier molecular flexibility index (Phi) is 6.43. The highest BCUT2D eigenvalue weighted by atomic mass is 32.2. The molecule has 12 heteroatoms. The van der Waals surface area contributed by atoms with Crippen molar-refractivity contribution in [1.82, 2.24) is 29.2 Å². The SMILES string of the molecule is C[S+]([O-])NCC1CN(c2cc(-c3cnc4ccc(C(F)F)nn34)ccn2)CCN1C1COC1. The van der Waals surface area contributed by atoms with Crippen LogP contribution in [-0.2, 0) is 16.1 Å². The first-order chi connectivity index (χ1) is 16.0. The van der Waals surface area contributed by atoms with Crippen molar-refractivity contribution >= 4 is 22.8 Å². The number of pyridine rings is 1. The maximum atomic E-state index is 13.2. The van der Waals surface area contributed by atoms with Crippen molar-refractivity contribution in [2.24, 2.45) is 0 Å². The third-order valence-electron chi connectivity index (χ3n) is 6.11. The minimum Gasteiger partial charge on any atom is -0.598 e. The normalized spacial score (nSPS) is 21.0. The Bertz CT molecular complexity index is 1110. The first kappa shape index (κ1) is 22.4. The topological polar surface area (TPSA) is 93.9 Å². The molecule has 1 N–H and O–H groups in total. The fourth-order valence-corrected chi connectivity index (χ4v) is 4.75. The Hall–Kier alpha value is -2.38. The van der Waals surface area contributed by atoms with E-state index in [1.165, 1.54) is 10.6 Å². The summed E-state index contributed by atoms with van der Waals surface area (Å²) >= 11 is -1.09. The Morgan fingerprint density at radius 1 is 1.24 bits per heavy atom. The highest BCUT2D eigenvalue weighted by molar-refractivity contribution is 7.88. The molecule has 0 spiro atoms. The van der Waals surface area contributed by atoms with Gasteiger partial charge in [0.15, 0.2) is 5.65 Å². The number of nitrogens with zero attached hydrogens (tertiary/aromatic N) is 6. The van der Waals surface area contributed by atoms with Gasteiger partial charge in [0, 0.05) is 48.8 Å². The van der Waals surface area contributed by atoms with Crippen LogP contribution in [0.1, 0.15) is 12.1 Å². The van der Waals surface area contributed by atoms with Crippen molar-refractivity contribution in [2.75, 3.05) is 50.5 Å². The van der Waals surface area contributed by atoms with Gasteiger partial charge in [-0.25, -0.2) is 23.3 Å². The summed E-state index contributed by atoms with van der Waals surface area (Å²) in [7, 11) is 0. The number of ether oxygens (including phenoxy) is 1. The third-order valence-corrected chi connectivity index (χ3v) is 6.68. The van der Waals surface area contributed by atoms with E-state index in [0.29, 0.717) is 23.9 Å². The van der Waals surface area contributed by atoms with E-state index < -0.39 is 17.8 Å². The van der Waals surface area contributed by atoms with Gasteiger partial charge in [0.1, 0.15) is 17.8 Å². The van der Waals surface area contributed by atoms with Crippen LogP contribution >= 0.6 is 0 Å². The quantitative estimate of drug-likeness (QED) is 0.512. The molecule has 0 aromatic carbocycles. The van der Waals surface area contributed by atoms with Gasteiger partial charge < -0.3 is 14.2 Å². The van der Waals surface area contributed by atoms with Crippen molar-refractivity contribution < 1.29 is 18.1 Å². The molecule has 2 aliphatic rings. The maximum absolute atomic E-state index is 13.2. The number of nitrogens with one attached hydrogen (secondary N) is 1. The minimum atomic E-state index is -2.65. The van der Waals surface area contributed by atoms with Gasteiger partial charge in [0.25, 0.3) is 6.43 Å². The van der Waals surface area contributed by atoms with E-state index >= 15 is 0 Å². The Morgan fingerprint density at radius 3 is 2.82 bits per heavy atom. The van der Waals surface area contributed by atoms with Crippen molar-refractivity contribution in [2.45, 2.75) is 18.5 Å². The molecule has 0 bridgehead atoms. The Morgan fingerprint density at radius 2 is 2.09 bits per heavy atom. The lowest BCUT2D eigenvalue weighted by Crippen LogP contribution is -2.64. The zero-order valence-corrected chi connectivity index (χ0v) is 18.9. The number of anilines is 1. The van der Waals surface area contributed by atoms with Gasteiger partial charge in [-0.3, -0.25) is 4.90 Å². The van der Waals surface area contributed by atoms with Crippen molar-refractivity contribution in [3.63, 3.8) is 0 Å². The highest BCUT2D eigenvalue weighted by Gasteiger charge is 2.36. The zero-order valence-electron chi connectivity index (χ0n) is 18.1. The highest BCUT2D eigenvalue weighted by Crippen LogP contribution is 2.27. The number of piperazine rings is 1. The number of fused-ring (bicyclic) bond motifs is 1. The molecule has 33 heavy (non-hydrogen) atoms. The molecule has 0 radical (unpaired) electrons. The van der Waals surface area contributed by atoms with E-state index in [1.54, 1.807) is 24.7 Å². The molecule has 5 rings (SSSR count). The summed E-state index contributed by atoms with van der Waals surface area (Å²) in [6, 6.07) is 7.14. The number of rotatable bonds is 7. The molecule has 0 aliphatic carbocycles. The van der Waals surface area contributed by atoms with Crippen LogP contribution in [0.15, 0.2) is 36.7 Å². The zero-order chi connectivity index (χ0) is 22.9. The van der Waals surface area contributed by atoms with Gasteiger partial charge in [0.2, 0.25) is 0 Å². The number of hydrogen-bond acceptors (Lipinski definition) is 8. The van der Waals surface area contributed by atoms with Crippen LogP contribution in [0.25, 0.3) is 16.9 Å². The second-order valence-electron chi connectivity index (χ2n) is 8.21.